The van der Waals surface area contributed by atoms with Gasteiger partial charge >= 0.3 is 0 Å². The van der Waals surface area contributed by atoms with E-state index < -0.39 is 0 Å². The molecule has 7 nitrogen and oxygen atoms in total. The second-order valence-electron chi connectivity index (χ2n) is 5.80. The molecule has 0 spiro atoms. The van der Waals surface area contributed by atoms with Crippen LogP contribution in [0.2, 0.25) is 0 Å². The minimum atomic E-state index is 0. The van der Waals surface area contributed by atoms with Crippen molar-refractivity contribution in [3.8, 4) is 5.88 Å². The quantitative estimate of drug-likeness (QED) is 0.268. The first-order valence-corrected chi connectivity index (χ1v) is 8.65. The number of pyridine rings is 1. The number of rotatable bonds is 8. The highest BCUT2D eigenvalue weighted by molar-refractivity contribution is 14.0. The molecule has 0 saturated carbocycles. The maximum absolute atomic E-state index is 5.27. The molecule has 0 bridgehead atoms. The highest BCUT2D eigenvalue weighted by Gasteiger charge is 2.04. The minimum absolute atomic E-state index is 0. The van der Waals surface area contributed by atoms with Crippen molar-refractivity contribution in [3.63, 3.8) is 0 Å². The molecule has 0 amide bonds. The van der Waals surface area contributed by atoms with Crippen LogP contribution in [0.1, 0.15) is 30.3 Å². The lowest BCUT2D eigenvalue weighted by Gasteiger charge is -2.12. The van der Waals surface area contributed by atoms with E-state index in [4.69, 9.17) is 4.74 Å². The summed E-state index contributed by atoms with van der Waals surface area (Å²) in [5.41, 5.74) is 3.22. The van der Waals surface area contributed by atoms with Gasteiger partial charge in [0.25, 0.3) is 0 Å². The van der Waals surface area contributed by atoms with E-state index in [-0.39, 0.29) is 24.0 Å². The summed E-state index contributed by atoms with van der Waals surface area (Å²) in [4.78, 5) is 8.81. The van der Waals surface area contributed by atoms with Crippen molar-refractivity contribution in [3.05, 3.63) is 41.3 Å². The molecular weight excluding hydrogens is 443 g/mol. The highest BCUT2D eigenvalue weighted by atomic mass is 127. The molecule has 0 atom stereocenters. The van der Waals surface area contributed by atoms with Gasteiger partial charge in [-0.1, -0.05) is 6.07 Å². The summed E-state index contributed by atoms with van der Waals surface area (Å²) in [6.45, 7) is 9.20. The molecule has 8 heteroatoms. The van der Waals surface area contributed by atoms with E-state index >= 15 is 0 Å². The molecule has 26 heavy (non-hydrogen) atoms. The van der Waals surface area contributed by atoms with Crippen molar-refractivity contribution in [2.75, 3.05) is 20.2 Å². The van der Waals surface area contributed by atoms with Crippen LogP contribution in [0, 0.1) is 13.8 Å². The monoisotopic (exact) mass is 472 g/mol. The average Bonchev–Trinajstić information content (AvgIpc) is 2.94. The number of aromatic nitrogens is 3. The third-order valence-corrected chi connectivity index (χ3v) is 3.74. The second-order valence-corrected chi connectivity index (χ2v) is 5.80. The van der Waals surface area contributed by atoms with Crippen LogP contribution >= 0.6 is 24.0 Å². The number of methoxy groups -OCH3 is 1. The fraction of sp³-hybridized carbons (Fsp3) is 0.500. The zero-order chi connectivity index (χ0) is 18.1. The first kappa shape index (κ1) is 22.2. The fourth-order valence-electron chi connectivity index (χ4n) is 2.57. The number of nitrogens with one attached hydrogen (secondary N) is 2. The number of hydrogen-bond donors (Lipinski definition) is 2. The van der Waals surface area contributed by atoms with Gasteiger partial charge in [-0.25, -0.2) is 9.98 Å². The van der Waals surface area contributed by atoms with Gasteiger partial charge in [-0.3, -0.25) is 4.68 Å². The summed E-state index contributed by atoms with van der Waals surface area (Å²) < 4.78 is 7.31. The molecule has 0 aliphatic heterocycles. The molecule has 2 rings (SSSR count). The molecule has 0 aliphatic rings. The molecule has 2 aromatic heterocycles. The van der Waals surface area contributed by atoms with Crippen LogP contribution in [0.3, 0.4) is 0 Å². The Labute approximate surface area is 172 Å². The standard InChI is InChI=1S/C18H28N6O.HI/c1-5-19-18(22-13-16-8-6-9-20-17(16)25-4)21-10-7-11-24-15(3)12-14(2)23-24;/h6,8-9,12H,5,7,10-11,13H2,1-4H3,(H2,19,21,22);1H. The maximum Gasteiger partial charge on any atom is 0.218 e. The molecule has 144 valence electrons. The Morgan fingerprint density at radius 2 is 2.12 bits per heavy atom. The van der Waals surface area contributed by atoms with Crippen molar-refractivity contribution >= 4 is 29.9 Å². The smallest absolute Gasteiger partial charge is 0.218 e. The van der Waals surface area contributed by atoms with E-state index in [1.165, 1.54) is 5.69 Å². The largest absolute Gasteiger partial charge is 0.481 e. The second kappa shape index (κ2) is 11.7. The van der Waals surface area contributed by atoms with E-state index in [0.29, 0.717) is 12.4 Å². The zero-order valence-electron chi connectivity index (χ0n) is 16.0. The van der Waals surface area contributed by atoms with Gasteiger partial charge in [-0.2, -0.15) is 5.10 Å². The Morgan fingerprint density at radius 1 is 1.31 bits per heavy atom. The van der Waals surface area contributed by atoms with Gasteiger partial charge in [0, 0.05) is 37.1 Å². The van der Waals surface area contributed by atoms with Crippen LogP contribution in [-0.2, 0) is 13.1 Å². The molecule has 0 unspecified atom stereocenters. The van der Waals surface area contributed by atoms with E-state index in [2.05, 4.69) is 45.6 Å². The summed E-state index contributed by atoms with van der Waals surface area (Å²) in [6.07, 6.45) is 2.69. The molecule has 2 aromatic rings. The molecule has 0 aliphatic carbocycles. The lowest BCUT2D eigenvalue weighted by atomic mass is 10.3. The van der Waals surface area contributed by atoms with Gasteiger partial charge in [-0.15, -0.1) is 24.0 Å². The van der Waals surface area contributed by atoms with Crippen molar-refractivity contribution < 1.29 is 4.74 Å². The number of ether oxygens (including phenoxy) is 1. The van der Waals surface area contributed by atoms with E-state index in [1.807, 2.05) is 23.7 Å². The van der Waals surface area contributed by atoms with Gasteiger partial charge in [-0.05, 0) is 39.3 Å². The zero-order valence-corrected chi connectivity index (χ0v) is 18.3. The number of guanidine groups is 1. The summed E-state index contributed by atoms with van der Waals surface area (Å²) >= 11 is 0. The van der Waals surface area contributed by atoms with Gasteiger partial charge in [0.05, 0.1) is 19.3 Å². The van der Waals surface area contributed by atoms with E-state index in [9.17, 15) is 0 Å². The Hall–Kier alpha value is -1.84. The first-order valence-electron chi connectivity index (χ1n) is 8.65. The van der Waals surface area contributed by atoms with Crippen LogP contribution in [0.25, 0.3) is 0 Å². The van der Waals surface area contributed by atoms with Gasteiger partial charge < -0.3 is 15.4 Å². The van der Waals surface area contributed by atoms with Crippen molar-refractivity contribution in [1.29, 1.82) is 0 Å². The topological polar surface area (TPSA) is 76.4 Å². The highest BCUT2D eigenvalue weighted by Crippen LogP contribution is 2.14. The van der Waals surface area contributed by atoms with Crippen molar-refractivity contribution in [2.24, 2.45) is 4.99 Å². The van der Waals surface area contributed by atoms with Crippen LogP contribution in [0.4, 0.5) is 0 Å². The van der Waals surface area contributed by atoms with Gasteiger partial charge in [0.2, 0.25) is 5.88 Å². The molecular formula is C18H29IN6O. The Balaban J connectivity index is 0.00000338. The van der Waals surface area contributed by atoms with Crippen LogP contribution in [0.5, 0.6) is 5.88 Å². The average molecular weight is 472 g/mol. The molecule has 2 heterocycles. The van der Waals surface area contributed by atoms with Gasteiger partial charge in [0.1, 0.15) is 0 Å². The molecule has 0 radical (unpaired) electrons. The summed E-state index contributed by atoms with van der Waals surface area (Å²) in [7, 11) is 1.62. The number of nitrogens with zero attached hydrogens (tertiary/aromatic N) is 4. The Bertz CT molecular complexity index is 701. The molecule has 0 fully saturated rings. The van der Waals surface area contributed by atoms with Crippen molar-refractivity contribution in [2.45, 2.75) is 40.3 Å². The number of aryl methyl sites for hydroxylation is 3. The normalized spacial score (nSPS) is 11.0. The summed E-state index contributed by atoms with van der Waals surface area (Å²) in [5, 5.41) is 11.1. The maximum atomic E-state index is 5.27. The lowest BCUT2D eigenvalue weighted by molar-refractivity contribution is 0.392. The third-order valence-electron chi connectivity index (χ3n) is 3.74. The van der Waals surface area contributed by atoms with Crippen molar-refractivity contribution in [1.82, 2.24) is 25.4 Å². The fourth-order valence-corrected chi connectivity index (χ4v) is 2.57. The Morgan fingerprint density at radius 3 is 2.77 bits per heavy atom. The molecule has 2 N–H and O–H groups in total. The number of hydrogen-bond acceptors (Lipinski definition) is 4. The van der Waals surface area contributed by atoms with Gasteiger partial charge in [0.15, 0.2) is 5.96 Å². The molecule has 0 aromatic carbocycles. The third kappa shape index (κ3) is 6.81. The van der Waals surface area contributed by atoms with E-state index in [0.717, 1.165) is 43.3 Å². The predicted octanol–water partition coefficient (Wildman–Crippen LogP) is 2.67. The van der Waals surface area contributed by atoms with Crippen LogP contribution < -0.4 is 15.4 Å². The van der Waals surface area contributed by atoms with Crippen LogP contribution in [0.15, 0.2) is 29.4 Å². The predicted molar refractivity (Wildman–Crippen MR) is 115 cm³/mol. The minimum Gasteiger partial charge on any atom is -0.481 e. The molecule has 0 saturated heterocycles. The first-order chi connectivity index (χ1) is 12.1. The number of halogens is 1. The summed E-state index contributed by atoms with van der Waals surface area (Å²) in [5.74, 6) is 1.41. The lowest BCUT2D eigenvalue weighted by Crippen LogP contribution is -2.38. The number of aliphatic imine (C=N–C) groups is 1. The Kier molecular flexibility index (Phi) is 10.0. The SMILES string of the molecule is CCNC(=NCc1cccnc1OC)NCCCn1nc(C)cc1C.I. The van der Waals surface area contributed by atoms with Crippen LogP contribution in [-0.4, -0.2) is 40.9 Å². The summed E-state index contributed by atoms with van der Waals surface area (Å²) in [6, 6.07) is 5.96. The van der Waals surface area contributed by atoms with E-state index in [1.54, 1.807) is 13.3 Å².